The van der Waals surface area contributed by atoms with Gasteiger partial charge in [-0.2, -0.15) is 0 Å². The molecule has 0 atom stereocenters. The van der Waals surface area contributed by atoms with Crippen molar-refractivity contribution in [2.45, 2.75) is 6.92 Å². The summed E-state index contributed by atoms with van der Waals surface area (Å²) in [6, 6.07) is 9.30. The fourth-order valence-corrected chi connectivity index (χ4v) is 2.55. The van der Waals surface area contributed by atoms with Crippen LogP contribution in [0.25, 0.3) is 11.1 Å². The Morgan fingerprint density at radius 1 is 0.706 bits per heavy atom. The lowest BCUT2D eigenvalue weighted by atomic mass is 10.0. The molecule has 2 aromatic rings. The van der Waals surface area contributed by atoms with Crippen molar-refractivity contribution in [1.82, 2.24) is 0 Å². The first-order valence-corrected chi connectivity index (χ1v) is 6.42. The number of halogens is 4. The normalized spacial score (nSPS) is 10.6. The molecule has 0 fully saturated rings. The summed E-state index contributed by atoms with van der Waals surface area (Å²) in [4.78, 5) is 0. The van der Waals surface area contributed by atoms with Crippen molar-refractivity contribution in [1.29, 1.82) is 0 Å². The van der Waals surface area contributed by atoms with E-state index < -0.39 is 0 Å². The van der Waals surface area contributed by atoms with Gasteiger partial charge in [0.15, 0.2) is 0 Å². The Kier molecular flexibility index (Phi) is 3.89. The minimum Gasteiger partial charge on any atom is -0.0837 e. The van der Waals surface area contributed by atoms with E-state index in [0.29, 0.717) is 20.1 Å². The van der Waals surface area contributed by atoms with E-state index in [0.717, 1.165) is 16.7 Å². The van der Waals surface area contributed by atoms with Crippen LogP contribution < -0.4 is 0 Å². The second kappa shape index (κ2) is 5.07. The van der Waals surface area contributed by atoms with E-state index in [9.17, 15) is 0 Å². The van der Waals surface area contributed by atoms with Crippen LogP contribution in [0.3, 0.4) is 0 Å². The molecule has 0 saturated carbocycles. The molecule has 2 rings (SSSR count). The highest BCUT2D eigenvalue weighted by atomic mass is 35.5. The highest BCUT2D eigenvalue weighted by Crippen LogP contribution is 2.40. The molecule has 0 unspecified atom stereocenters. The van der Waals surface area contributed by atoms with Gasteiger partial charge in [0.2, 0.25) is 0 Å². The van der Waals surface area contributed by atoms with Crippen LogP contribution in [0.1, 0.15) is 5.56 Å². The van der Waals surface area contributed by atoms with Gasteiger partial charge in [-0.25, -0.2) is 0 Å². The molecule has 2 aromatic carbocycles. The fourth-order valence-electron chi connectivity index (χ4n) is 1.57. The van der Waals surface area contributed by atoms with Gasteiger partial charge in [-0.15, -0.1) is 0 Å². The van der Waals surface area contributed by atoms with Gasteiger partial charge in [-0.1, -0.05) is 64.6 Å². The largest absolute Gasteiger partial charge is 0.0837 e. The molecular formula is C13H8Cl4. The first-order chi connectivity index (χ1) is 8.00. The first kappa shape index (κ1) is 13.0. The predicted octanol–water partition coefficient (Wildman–Crippen LogP) is 6.28. The Labute approximate surface area is 120 Å². The zero-order chi connectivity index (χ0) is 12.6. The van der Waals surface area contributed by atoms with Crippen molar-refractivity contribution in [3.8, 4) is 11.1 Å². The van der Waals surface area contributed by atoms with Gasteiger partial charge in [-0.05, 0) is 24.6 Å². The lowest BCUT2D eigenvalue weighted by Gasteiger charge is -2.09. The Balaban J connectivity index is 2.65. The molecule has 0 aliphatic rings. The smallest absolute Gasteiger partial charge is 0.0784 e. The molecule has 0 aliphatic heterocycles. The molecule has 0 aliphatic carbocycles. The van der Waals surface area contributed by atoms with Crippen LogP contribution in [0.4, 0.5) is 0 Å². The average Bonchev–Trinajstić information content (AvgIpc) is 2.28. The van der Waals surface area contributed by atoms with Crippen molar-refractivity contribution in [3.63, 3.8) is 0 Å². The summed E-state index contributed by atoms with van der Waals surface area (Å²) >= 11 is 24.3. The maximum absolute atomic E-state index is 6.19. The molecule has 17 heavy (non-hydrogen) atoms. The van der Waals surface area contributed by atoms with Gasteiger partial charge in [0, 0.05) is 16.1 Å². The van der Waals surface area contributed by atoms with E-state index in [4.69, 9.17) is 46.4 Å². The molecule has 0 N–H and O–H groups in total. The van der Waals surface area contributed by atoms with Gasteiger partial charge in [-0.3, -0.25) is 0 Å². The monoisotopic (exact) mass is 304 g/mol. The second-order valence-electron chi connectivity index (χ2n) is 3.71. The summed E-state index contributed by atoms with van der Waals surface area (Å²) in [5.41, 5.74) is 2.72. The molecule has 0 amide bonds. The molecule has 0 saturated heterocycles. The fraction of sp³-hybridized carbons (Fsp3) is 0.0769. The Morgan fingerprint density at radius 2 is 1.35 bits per heavy atom. The zero-order valence-corrected chi connectivity index (χ0v) is 11.9. The second-order valence-corrected chi connectivity index (χ2v) is 5.28. The summed E-state index contributed by atoms with van der Waals surface area (Å²) in [6.45, 7) is 1.98. The van der Waals surface area contributed by atoms with Crippen LogP contribution in [0.15, 0.2) is 30.3 Å². The van der Waals surface area contributed by atoms with Crippen LogP contribution in [-0.2, 0) is 0 Å². The third-order valence-electron chi connectivity index (χ3n) is 2.45. The predicted molar refractivity (Wildman–Crippen MR) is 76.7 cm³/mol. The van der Waals surface area contributed by atoms with Crippen molar-refractivity contribution in [2.75, 3.05) is 0 Å². The third-order valence-corrected chi connectivity index (χ3v) is 4.06. The summed E-state index contributed by atoms with van der Waals surface area (Å²) in [5, 5.41) is 1.85. The molecular weight excluding hydrogens is 298 g/mol. The van der Waals surface area contributed by atoms with Crippen molar-refractivity contribution in [3.05, 3.63) is 56.0 Å². The number of hydrogen-bond acceptors (Lipinski definition) is 0. The van der Waals surface area contributed by atoms with E-state index in [1.54, 1.807) is 6.07 Å². The molecule has 88 valence electrons. The quantitative estimate of drug-likeness (QED) is 0.544. The van der Waals surface area contributed by atoms with Crippen LogP contribution in [0.5, 0.6) is 0 Å². The first-order valence-electron chi connectivity index (χ1n) is 4.90. The van der Waals surface area contributed by atoms with Crippen LogP contribution in [-0.4, -0.2) is 0 Å². The van der Waals surface area contributed by atoms with Gasteiger partial charge in [0.05, 0.1) is 15.1 Å². The summed E-state index contributed by atoms with van der Waals surface area (Å²) in [6.07, 6.45) is 0. The van der Waals surface area contributed by atoms with Crippen LogP contribution in [0.2, 0.25) is 20.1 Å². The summed E-state index contributed by atoms with van der Waals surface area (Å²) in [7, 11) is 0. The molecule has 0 bridgehead atoms. The number of hydrogen-bond donors (Lipinski definition) is 0. The summed E-state index contributed by atoms with van der Waals surface area (Å²) < 4.78 is 0. The standard InChI is InChI=1S/C13H8Cl4/c1-7-2-3-8(11(15)6-7)9-4-5-10(14)13(17)12(9)16/h2-6H,1H3. The molecule has 0 aromatic heterocycles. The van der Waals surface area contributed by atoms with E-state index in [2.05, 4.69) is 0 Å². The van der Waals surface area contributed by atoms with Crippen molar-refractivity contribution in [2.24, 2.45) is 0 Å². The highest BCUT2D eigenvalue weighted by Gasteiger charge is 2.12. The third kappa shape index (κ3) is 2.56. The lowest BCUT2D eigenvalue weighted by molar-refractivity contribution is 1.47. The molecule has 0 radical (unpaired) electrons. The van der Waals surface area contributed by atoms with Crippen molar-refractivity contribution >= 4 is 46.4 Å². The Bertz CT molecular complexity index is 576. The molecule has 0 nitrogen and oxygen atoms in total. The highest BCUT2D eigenvalue weighted by molar-refractivity contribution is 6.49. The van der Waals surface area contributed by atoms with E-state index in [1.807, 2.05) is 31.2 Å². The Hall–Kier alpha value is -0.400. The van der Waals surface area contributed by atoms with E-state index >= 15 is 0 Å². The Morgan fingerprint density at radius 3 is 2.00 bits per heavy atom. The average molecular weight is 306 g/mol. The molecule has 0 spiro atoms. The maximum atomic E-state index is 6.19. The molecule has 4 heteroatoms. The topological polar surface area (TPSA) is 0 Å². The maximum Gasteiger partial charge on any atom is 0.0784 e. The molecule has 0 heterocycles. The number of aryl methyl sites for hydroxylation is 1. The van der Waals surface area contributed by atoms with Crippen molar-refractivity contribution < 1.29 is 0 Å². The number of benzene rings is 2. The zero-order valence-electron chi connectivity index (χ0n) is 8.90. The SMILES string of the molecule is Cc1ccc(-c2ccc(Cl)c(Cl)c2Cl)c(Cl)c1. The van der Waals surface area contributed by atoms with Gasteiger partial charge in [0.25, 0.3) is 0 Å². The number of rotatable bonds is 1. The summed E-state index contributed by atoms with van der Waals surface area (Å²) in [5.74, 6) is 0. The minimum absolute atomic E-state index is 0.350. The van der Waals surface area contributed by atoms with E-state index in [1.165, 1.54) is 0 Å². The van der Waals surface area contributed by atoms with Gasteiger partial charge < -0.3 is 0 Å². The van der Waals surface area contributed by atoms with Gasteiger partial charge >= 0.3 is 0 Å². The van der Waals surface area contributed by atoms with Crippen LogP contribution >= 0.6 is 46.4 Å². The van der Waals surface area contributed by atoms with E-state index in [-0.39, 0.29) is 0 Å². The van der Waals surface area contributed by atoms with Gasteiger partial charge in [0.1, 0.15) is 0 Å². The lowest BCUT2D eigenvalue weighted by Crippen LogP contribution is -1.84. The van der Waals surface area contributed by atoms with Crippen LogP contribution in [0, 0.1) is 6.92 Å². The minimum atomic E-state index is 0.350.